The van der Waals surface area contributed by atoms with Gasteiger partial charge in [0.2, 0.25) is 9.04 Å². The average molecular weight is 609 g/mol. The monoisotopic (exact) mass is 608 g/mol. The van der Waals surface area contributed by atoms with E-state index < -0.39 is 9.04 Å². The van der Waals surface area contributed by atoms with Crippen molar-refractivity contribution in [1.29, 1.82) is 0 Å². The van der Waals surface area contributed by atoms with Crippen LogP contribution in [0.3, 0.4) is 0 Å². The molecule has 0 radical (unpaired) electrons. The van der Waals surface area contributed by atoms with Crippen LogP contribution in [0.4, 0.5) is 0 Å². The standard InChI is InChI=1S/C41H40O3Si/c1-41(2,3)40(44-45(34-20-12-6-13-21-34)35-22-14-7-15-23-35)37-27-32-26-33(43-29-30-16-8-4-9-17-30)24-25-36(32)39(38(37)28-42)31-18-10-5-11-19-31/h4-27,40,42,45H,28-29H2,1-3H3. The van der Waals surface area contributed by atoms with E-state index in [1.807, 2.05) is 30.3 Å². The molecule has 1 N–H and O–H groups in total. The van der Waals surface area contributed by atoms with Gasteiger partial charge in [0.15, 0.2) is 0 Å². The van der Waals surface area contributed by atoms with Gasteiger partial charge >= 0.3 is 0 Å². The predicted molar refractivity (Wildman–Crippen MR) is 189 cm³/mol. The number of hydrogen-bond acceptors (Lipinski definition) is 3. The van der Waals surface area contributed by atoms with Crippen molar-refractivity contribution in [2.45, 2.75) is 40.1 Å². The van der Waals surface area contributed by atoms with Crippen molar-refractivity contribution < 1.29 is 14.3 Å². The first kappa shape index (κ1) is 30.5. The number of hydrogen-bond donors (Lipinski definition) is 1. The van der Waals surface area contributed by atoms with E-state index in [1.54, 1.807) is 0 Å². The number of rotatable bonds is 10. The lowest BCUT2D eigenvalue weighted by Gasteiger charge is -2.36. The van der Waals surface area contributed by atoms with E-state index in [1.165, 1.54) is 10.4 Å². The molecule has 0 aliphatic heterocycles. The zero-order chi connectivity index (χ0) is 31.2. The Kier molecular flexibility index (Phi) is 9.27. The predicted octanol–water partition coefficient (Wildman–Crippen LogP) is 8.22. The van der Waals surface area contributed by atoms with Crippen LogP contribution in [0.15, 0.2) is 146 Å². The molecular formula is C41H40O3Si. The van der Waals surface area contributed by atoms with Gasteiger partial charge in [-0.15, -0.1) is 0 Å². The van der Waals surface area contributed by atoms with Crippen molar-refractivity contribution >= 4 is 30.2 Å². The largest absolute Gasteiger partial charge is 0.489 e. The summed E-state index contributed by atoms with van der Waals surface area (Å²) in [5.74, 6) is 0.808. The van der Waals surface area contributed by atoms with Crippen LogP contribution in [-0.4, -0.2) is 14.1 Å². The highest BCUT2D eigenvalue weighted by Gasteiger charge is 2.34. The van der Waals surface area contributed by atoms with Gasteiger partial charge in [0.25, 0.3) is 0 Å². The summed E-state index contributed by atoms with van der Waals surface area (Å²) in [6.07, 6.45) is -0.280. The molecule has 6 rings (SSSR count). The van der Waals surface area contributed by atoms with E-state index in [9.17, 15) is 5.11 Å². The maximum atomic E-state index is 11.1. The van der Waals surface area contributed by atoms with Crippen LogP contribution in [0.5, 0.6) is 5.75 Å². The fourth-order valence-corrected chi connectivity index (χ4v) is 8.77. The Morgan fingerprint density at radius 2 is 1.22 bits per heavy atom. The zero-order valence-corrected chi connectivity index (χ0v) is 27.3. The molecule has 1 atom stereocenters. The first-order valence-corrected chi connectivity index (χ1v) is 17.2. The average Bonchev–Trinajstić information content (AvgIpc) is 3.08. The molecule has 0 heterocycles. The Bertz CT molecular complexity index is 1790. The minimum Gasteiger partial charge on any atom is -0.489 e. The second-order valence-corrected chi connectivity index (χ2v) is 14.9. The van der Waals surface area contributed by atoms with E-state index in [4.69, 9.17) is 9.16 Å². The molecule has 0 fully saturated rings. The number of ether oxygens (including phenoxy) is 1. The quantitative estimate of drug-likeness (QED) is 0.159. The Labute approximate surface area is 268 Å². The van der Waals surface area contributed by atoms with Crippen LogP contribution in [0.1, 0.15) is 43.6 Å². The summed E-state index contributed by atoms with van der Waals surface area (Å²) in [6, 6.07) is 50.3. The minimum absolute atomic E-state index is 0.0966. The smallest absolute Gasteiger partial charge is 0.240 e. The van der Waals surface area contributed by atoms with Gasteiger partial charge in [-0.05, 0) is 72.6 Å². The number of benzene rings is 6. The highest BCUT2D eigenvalue weighted by molar-refractivity contribution is 6.80. The van der Waals surface area contributed by atoms with E-state index in [0.29, 0.717) is 6.61 Å². The van der Waals surface area contributed by atoms with Gasteiger partial charge in [-0.2, -0.15) is 0 Å². The van der Waals surface area contributed by atoms with Crippen LogP contribution >= 0.6 is 0 Å². The van der Waals surface area contributed by atoms with Gasteiger partial charge in [-0.3, -0.25) is 0 Å². The lowest BCUT2D eigenvalue weighted by molar-refractivity contribution is 0.0876. The van der Waals surface area contributed by atoms with Crippen molar-refractivity contribution in [2.24, 2.45) is 5.41 Å². The van der Waals surface area contributed by atoms with Crippen molar-refractivity contribution in [3.63, 3.8) is 0 Å². The van der Waals surface area contributed by atoms with E-state index in [0.717, 1.165) is 44.3 Å². The summed E-state index contributed by atoms with van der Waals surface area (Å²) < 4.78 is 13.7. The summed E-state index contributed by atoms with van der Waals surface area (Å²) in [4.78, 5) is 0. The number of fused-ring (bicyclic) bond motifs is 1. The first-order chi connectivity index (χ1) is 21.9. The highest BCUT2D eigenvalue weighted by Crippen LogP contribution is 2.44. The van der Waals surface area contributed by atoms with E-state index in [-0.39, 0.29) is 18.1 Å². The fourth-order valence-electron chi connectivity index (χ4n) is 6.10. The van der Waals surface area contributed by atoms with Crippen LogP contribution in [0.2, 0.25) is 0 Å². The highest BCUT2D eigenvalue weighted by atomic mass is 28.3. The van der Waals surface area contributed by atoms with Crippen molar-refractivity contribution in [3.05, 3.63) is 162 Å². The van der Waals surface area contributed by atoms with Crippen LogP contribution in [0.25, 0.3) is 21.9 Å². The lowest BCUT2D eigenvalue weighted by atomic mass is 9.80. The Balaban J connectivity index is 1.52. The maximum Gasteiger partial charge on any atom is 0.240 e. The third-order valence-electron chi connectivity index (χ3n) is 8.27. The molecule has 0 spiro atoms. The number of aliphatic hydroxyl groups is 1. The molecule has 0 bridgehead atoms. The van der Waals surface area contributed by atoms with Crippen LogP contribution in [-0.2, 0) is 17.6 Å². The van der Waals surface area contributed by atoms with Gasteiger partial charge < -0.3 is 14.3 Å². The summed E-state index contributed by atoms with van der Waals surface area (Å²) in [5, 5.41) is 15.7. The van der Waals surface area contributed by atoms with Crippen molar-refractivity contribution in [2.75, 3.05) is 0 Å². The molecule has 6 aromatic rings. The van der Waals surface area contributed by atoms with Gasteiger partial charge in [0.1, 0.15) is 12.4 Å². The topological polar surface area (TPSA) is 38.7 Å². The second-order valence-electron chi connectivity index (χ2n) is 12.6. The van der Waals surface area contributed by atoms with Crippen LogP contribution in [0, 0.1) is 5.41 Å². The molecule has 6 aromatic carbocycles. The third kappa shape index (κ3) is 6.94. The summed E-state index contributed by atoms with van der Waals surface area (Å²) in [6.45, 7) is 7.08. The zero-order valence-electron chi connectivity index (χ0n) is 26.2. The molecule has 0 saturated heterocycles. The molecule has 4 heteroatoms. The lowest BCUT2D eigenvalue weighted by Crippen LogP contribution is -2.47. The van der Waals surface area contributed by atoms with E-state index in [2.05, 4.69) is 136 Å². The summed E-state index contributed by atoms with van der Waals surface area (Å²) >= 11 is 0. The molecule has 45 heavy (non-hydrogen) atoms. The van der Waals surface area contributed by atoms with Crippen molar-refractivity contribution in [1.82, 2.24) is 0 Å². The fraction of sp³-hybridized carbons (Fsp3) is 0.171. The molecular weight excluding hydrogens is 569 g/mol. The molecule has 0 amide bonds. The van der Waals surface area contributed by atoms with Gasteiger partial charge in [0.05, 0.1) is 12.7 Å². The Morgan fingerprint density at radius 3 is 1.78 bits per heavy atom. The molecule has 0 aromatic heterocycles. The Hall–Kier alpha value is -4.48. The molecule has 0 aliphatic carbocycles. The van der Waals surface area contributed by atoms with E-state index >= 15 is 0 Å². The first-order valence-electron chi connectivity index (χ1n) is 15.6. The van der Waals surface area contributed by atoms with Gasteiger partial charge in [-0.1, -0.05) is 148 Å². The Morgan fingerprint density at radius 1 is 0.667 bits per heavy atom. The molecule has 226 valence electrons. The second kappa shape index (κ2) is 13.7. The van der Waals surface area contributed by atoms with Crippen molar-refractivity contribution in [3.8, 4) is 16.9 Å². The molecule has 3 nitrogen and oxygen atoms in total. The summed E-state index contributed by atoms with van der Waals surface area (Å²) in [5.41, 5.74) is 4.89. The van der Waals surface area contributed by atoms with Gasteiger partial charge in [-0.25, -0.2) is 0 Å². The maximum absolute atomic E-state index is 11.1. The SMILES string of the molecule is CC(C)(C)C(O[SiH](c1ccccc1)c1ccccc1)c1cc2cc(OCc3ccccc3)ccc2c(-c2ccccc2)c1CO. The normalized spacial score (nSPS) is 12.4. The third-order valence-corrected chi connectivity index (χ3v) is 10.8. The molecule has 1 unspecified atom stereocenters. The van der Waals surface area contributed by atoms with Crippen LogP contribution < -0.4 is 15.1 Å². The van der Waals surface area contributed by atoms with Gasteiger partial charge in [0, 0.05) is 0 Å². The number of aliphatic hydroxyl groups excluding tert-OH is 1. The molecule has 0 saturated carbocycles. The summed E-state index contributed by atoms with van der Waals surface area (Å²) in [7, 11) is -2.12. The minimum atomic E-state index is -2.12. The molecule has 0 aliphatic rings.